The van der Waals surface area contributed by atoms with Gasteiger partial charge in [-0.05, 0) is 76.0 Å². The topological polar surface area (TPSA) is 104 Å². The van der Waals surface area contributed by atoms with E-state index in [0.717, 1.165) is 77.4 Å². The molecule has 9 heteroatoms. The van der Waals surface area contributed by atoms with E-state index in [1.54, 1.807) is 4.90 Å². The average Bonchev–Trinajstić information content (AvgIpc) is 2.91. The quantitative estimate of drug-likeness (QED) is 0.436. The Morgan fingerprint density at radius 2 is 1.35 bits per heavy atom. The van der Waals surface area contributed by atoms with Crippen LogP contribution in [0, 0.1) is 0 Å². The van der Waals surface area contributed by atoms with Crippen molar-refractivity contribution < 1.29 is 18.0 Å². The minimum Gasteiger partial charge on any atom is -0.335 e. The van der Waals surface area contributed by atoms with Crippen molar-refractivity contribution in [3.05, 3.63) is 29.8 Å². The summed E-state index contributed by atoms with van der Waals surface area (Å²) in [6.07, 6.45) is 12.0. The van der Waals surface area contributed by atoms with Gasteiger partial charge in [-0.1, -0.05) is 52.4 Å². The van der Waals surface area contributed by atoms with Crippen LogP contribution in [-0.2, 0) is 14.8 Å². The second-order valence-corrected chi connectivity index (χ2v) is 12.1. The van der Waals surface area contributed by atoms with Gasteiger partial charge in [-0.15, -0.1) is 0 Å². The molecule has 0 saturated heterocycles. The number of sulfonamides is 1. The Morgan fingerprint density at radius 1 is 0.838 bits per heavy atom. The molecule has 0 radical (unpaired) electrons. The minimum atomic E-state index is -3.84. The zero-order valence-electron chi connectivity index (χ0n) is 22.7. The fraction of sp³-hybridized carbons (Fsp3) is 0.714. The van der Waals surface area contributed by atoms with Crippen LogP contribution in [0.25, 0.3) is 0 Å². The summed E-state index contributed by atoms with van der Waals surface area (Å²) in [5.74, 6) is -0.197. The van der Waals surface area contributed by atoms with Crippen LogP contribution >= 0.6 is 0 Å². The number of carbonyl (C=O) groups is 2. The first kappa shape index (κ1) is 29.6. The van der Waals surface area contributed by atoms with Crippen LogP contribution in [0.4, 0.5) is 0 Å². The average molecular weight is 535 g/mol. The van der Waals surface area contributed by atoms with Crippen LogP contribution < -0.4 is 5.14 Å². The molecule has 0 atom stereocenters. The first-order chi connectivity index (χ1) is 17.7. The Morgan fingerprint density at radius 3 is 1.81 bits per heavy atom. The smallest absolute Gasteiger partial charge is 0.254 e. The van der Waals surface area contributed by atoms with Crippen molar-refractivity contribution >= 4 is 21.8 Å². The maximum absolute atomic E-state index is 13.9. The third kappa shape index (κ3) is 8.52. The lowest BCUT2D eigenvalue weighted by Crippen LogP contribution is -2.53. The van der Waals surface area contributed by atoms with Crippen LogP contribution in [0.15, 0.2) is 29.2 Å². The van der Waals surface area contributed by atoms with Gasteiger partial charge in [0.15, 0.2) is 0 Å². The van der Waals surface area contributed by atoms with Crippen molar-refractivity contribution in [2.45, 2.75) is 101 Å². The Kier molecular flexibility index (Phi) is 11.4. The lowest BCUT2D eigenvalue weighted by Gasteiger charge is -2.42. The molecule has 2 amide bonds. The van der Waals surface area contributed by atoms with Gasteiger partial charge in [-0.3, -0.25) is 9.59 Å². The summed E-state index contributed by atoms with van der Waals surface area (Å²) < 4.78 is 23.3. The van der Waals surface area contributed by atoms with Crippen molar-refractivity contribution in [3.63, 3.8) is 0 Å². The van der Waals surface area contributed by atoms with E-state index in [1.807, 2.05) is 0 Å². The predicted octanol–water partition coefficient (Wildman–Crippen LogP) is 4.00. The van der Waals surface area contributed by atoms with E-state index in [0.29, 0.717) is 12.1 Å². The first-order valence-corrected chi connectivity index (χ1v) is 15.7. The summed E-state index contributed by atoms with van der Waals surface area (Å²) in [7, 11) is -3.84. The minimum absolute atomic E-state index is 0.0334. The van der Waals surface area contributed by atoms with Crippen molar-refractivity contribution in [2.75, 3.05) is 32.7 Å². The van der Waals surface area contributed by atoms with Gasteiger partial charge in [-0.25, -0.2) is 13.6 Å². The summed E-state index contributed by atoms with van der Waals surface area (Å²) in [4.78, 5) is 33.6. The zero-order chi connectivity index (χ0) is 26.8. The molecular formula is C28H46N4O4S. The summed E-state index contributed by atoms with van der Waals surface area (Å²) in [5, 5.41) is 5.23. The number of carbonyl (C=O) groups excluding carboxylic acids is 2. The molecule has 0 heterocycles. The predicted molar refractivity (Wildman–Crippen MR) is 147 cm³/mol. The van der Waals surface area contributed by atoms with E-state index in [4.69, 9.17) is 5.14 Å². The van der Waals surface area contributed by atoms with Crippen LogP contribution in [0.3, 0.4) is 0 Å². The highest BCUT2D eigenvalue weighted by atomic mass is 32.2. The number of primary sulfonamides is 1. The summed E-state index contributed by atoms with van der Waals surface area (Å²) in [5.41, 5.74) is 0.366. The third-order valence-electron chi connectivity index (χ3n) is 8.06. The molecule has 208 valence electrons. The van der Waals surface area contributed by atoms with Crippen molar-refractivity contribution in [1.29, 1.82) is 0 Å². The SMILES string of the molecule is CCN(CC)CCCN(CC(=O)N(C1CCCCC1)C1CCCCC1)C(=O)c1ccc(S(N)(=O)=O)cc1. The second kappa shape index (κ2) is 14.3. The van der Waals surface area contributed by atoms with Gasteiger partial charge in [0.05, 0.1) is 4.90 Å². The first-order valence-electron chi connectivity index (χ1n) is 14.2. The fourth-order valence-corrected chi connectivity index (χ4v) is 6.43. The van der Waals surface area contributed by atoms with E-state index in [9.17, 15) is 18.0 Å². The molecule has 37 heavy (non-hydrogen) atoms. The maximum Gasteiger partial charge on any atom is 0.254 e. The van der Waals surface area contributed by atoms with Crippen molar-refractivity contribution in [3.8, 4) is 0 Å². The Bertz CT molecular complexity index is 948. The number of hydrogen-bond acceptors (Lipinski definition) is 5. The normalized spacial score (nSPS) is 17.6. The molecule has 0 aliphatic heterocycles. The van der Waals surface area contributed by atoms with Crippen LogP contribution in [0.1, 0.15) is 94.8 Å². The maximum atomic E-state index is 13.9. The molecular weight excluding hydrogens is 488 g/mol. The van der Waals surface area contributed by atoms with Gasteiger partial charge >= 0.3 is 0 Å². The number of benzene rings is 1. The highest BCUT2D eigenvalue weighted by Gasteiger charge is 2.34. The van der Waals surface area contributed by atoms with Gasteiger partial charge < -0.3 is 14.7 Å². The van der Waals surface area contributed by atoms with Gasteiger partial charge in [0.2, 0.25) is 15.9 Å². The Balaban J connectivity index is 1.80. The van der Waals surface area contributed by atoms with E-state index >= 15 is 0 Å². The van der Waals surface area contributed by atoms with Crippen molar-refractivity contribution in [1.82, 2.24) is 14.7 Å². The van der Waals surface area contributed by atoms with Gasteiger partial charge in [0.25, 0.3) is 5.91 Å². The third-order valence-corrected chi connectivity index (χ3v) is 8.99. The standard InChI is InChI=1S/C28H46N4O4S/c1-3-30(4-2)20-11-21-31(28(34)23-16-18-26(19-17-23)37(29,35)36)22-27(33)32(24-12-7-5-8-13-24)25-14-9-6-10-15-25/h16-19,24-25H,3-15,20-22H2,1-2H3,(H2,29,35,36). The number of hydrogen-bond donors (Lipinski definition) is 1. The van der Waals surface area contributed by atoms with Crippen LogP contribution in [-0.4, -0.2) is 79.7 Å². The van der Waals surface area contributed by atoms with E-state index in [1.165, 1.54) is 37.1 Å². The molecule has 1 aromatic rings. The van der Waals surface area contributed by atoms with Gasteiger partial charge in [0, 0.05) is 24.2 Å². The number of nitrogens with two attached hydrogens (primary N) is 1. The van der Waals surface area contributed by atoms with Gasteiger partial charge in [-0.2, -0.15) is 0 Å². The molecule has 3 rings (SSSR count). The molecule has 1 aromatic carbocycles. The van der Waals surface area contributed by atoms with E-state index in [-0.39, 0.29) is 35.3 Å². The summed E-state index contributed by atoms with van der Waals surface area (Å²) >= 11 is 0. The lowest BCUT2D eigenvalue weighted by molar-refractivity contribution is -0.138. The molecule has 2 fully saturated rings. The van der Waals surface area contributed by atoms with Crippen molar-refractivity contribution in [2.24, 2.45) is 5.14 Å². The molecule has 0 unspecified atom stereocenters. The van der Waals surface area contributed by atoms with Crippen LogP contribution in [0.5, 0.6) is 0 Å². The molecule has 8 nitrogen and oxygen atoms in total. The highest BCUT2D eigenvalue weighted by Crippen LogP contribution is 2.30. The summed E-state index contributed by atoms with van der Waals surface area (Å²) in [6.45, 7) is 7.50. The largest absolute Gasteiger partial charge is 0.335 e. The summed E-state index contributed by atoms with van der Waals surface area (Å²) in [6, 6.07) is 6.23. The zero-order valence-corrected chi connectivity index (χ0v) is 23.6. The lowest BCUT2D eigenvalue weighted by atomic mass is 9.88. The highest BCUT2D eigenvalue weighted by molar-refractivity contribution is 7.89. The van der Waals surface area contributed by atoms with Crippen LogP contribution in [0.2, 0.25) is 0 Å². The fourth-order valence-electron chi connectivity index (χ4n) is 5.92. The molecule has 2 saturated carbocycles. The molecule has 0 aromatic heterocycles. The Labute approximate surface area is 223 Å². The monoisotopic (exact) mass is 534 g/mol. The second-order valence-electron chi connectivity index (χ2n) is 10.6. The Hall–Kier alpha value is -1.97. The molecule has 2 aliphatic rings. The van der Waals surface area contributed by atoms with Gasteiger partial charge in [0.1, 0.15) is 6.54 Å². The van der Waals surface area contributed by atoms with E-state index in [2.05, 4.69) is 23.6 Å². The number of nitrogens with zero attached hydrogens (tertiary/aromatic N) is 3. The molecule has 2 N–H and O–H groups in total. The van der Waals surface area contributed by atoms with E-state index < -0.39 is 10.0 Å². The molecule has 2 aliphatic carbocycles. The number of rotatable bonds is 12. The molecule has 0 spiro atoms. The number of amides is 2. The molecule has 0 bridgehead atoms.